The lowest BCUT2D eigenvalue weighted by Crippen LogP contribution is -2.12. The Labute approximate surface area is 148 Å². The summed E-state index contributed by atoms with van der Waals surface area (Å²) in [6, 6.07) is 13.4. The van der Waals surface area contributed by atoms with Crippen molar-refractivity contribution >= 4 is 11.6 Å². The van der Waals surface area contributed by atoms with Gasteiger partial charge < -0.3 is 9.73 Å². The standard InChI is InChI=1S/C20H16F3NO2/c1-12-6-5-7-13(2)18(12)24-19(25)17-11-10-16(26-17)14-8-3-4-9-15(14)20(21,22)23/h3-11H,1-2H3,(H,24,25). The van der Waals surface area contributed by atoms with E-state index in [4.69, 9.17) is 4.42 Å². The normalized spacial score (nSPS) is 11.4. The van der Waals surface area contributed by atoms with E-state index in [2.05, 4.69) is 5.32 Å². The van der Waals surface area contributed by atoms with Crippen LogP contribution in [0.5, 0.6) is 0 Å². The number of amides is 1. The number of aryl methyl sites for hydroxylation is 2. The summed E-state index contributed by atoms with van der Waals surface area (Å²) in [7, 11) is 0. The van der Waals surface area contributed by atoms with Gasteiger partial charge in [-0.15, -0.1) is 0 Å². The van der Waals surface area contributed by atoms with Crippen molar-refractivity contribution in [3.63, 3.8) is 0 Å². The Morgan fingerprint density at radius 1 is 0.923 bits per heavy atom. The Bertz CT molecular complexity index is 937. The predicted octanol–water partition coefficient (Wildman–Crippen LogP) is 5.83. The third kappa shape index (κ3) is 3.49. The molecule has 0 aliphatic heterocycles. The number of benzene rings is 2. The minimum atomic E-state index is -4.51. The molecule has 6 heteroatoms. The van der Waals surface area contributed by atoms with E-state index >= 15 is 0 Å². The summed E-state index contributed by atoms with van der Waals surface area (Å²) < 4.78 is 44.9. The second-order valence-electron chi connectivity index (χ2n) is 5.93. The fourth-order valence-corrected chi connectivity index (χ4v) is 2.74. The zero-order chi connectivity index (χ0) is 18.9. The summed E-state index contributed by atoms with van der Waals surface area (Å²) in [5.74, 6) is -0.581. The molecule has 0 radical (unpaired) electrons. The Balaban J connectivity index is 1.91. The number of rotatable bonds is 3. The first-order valence-electron chi connectivity index (χ1n) is 7.91. The van der Waals surface area contributed by atoms with E-state index in [-0.39, 0.29) is 17.1 Å². The summed E-state index contributed by atoms with van der Waals surface area (Å²) in [6.45, 7) is 3.71. The summed E-state index contributed by atoms with van der Waals surface area (Å²) >= 11 is 0. The maximum Gasteiger partial charge on any atom is 0.417 e. The molecular weight excluding hydrogens is 343 g/mol. The molecule has 2 aromatic carbocycles. The first kappa shape index (κ1) is 17.8. The predicted molar refractivity (Wildman–Crippen MR) is 93.0 cm³/mol. The van der Waals surface area contributed by atoms with Gasteiger partial charge >= 0.3 is 6.18 Å². The molecule has 3 rings (SSSR count). The van der Waals surface area contributed by atoms with Gasteiger partial charge in [-0.25, -0.2) is 0 Å². The van der Waals surface area contributed by atoms with E-state index in [9.17, 15) is 18.0 Å². The molecule has 3 aromatic rings. The van der Waals surface area contributed by atoms with Gasteiger partial charge in [-0.1, -0.05) is 36.4 Å². The fourth-order valence-electron chi connectivity index (χ4n) is 2.74. The number of anilines is 1. The average Bonchev–Trinajstić information content (AvgIpc) is 3.07. The molecule has 0 saturated heterocycles. The molecule has 26 heavy (non-hydrogen) atoms. The number of carbonyl (C=O) groups excluding carboxylic acids is 1. The highest BCUT2D eigenvalue weighted by atomic mass is 19.4. The van der Waals surface area contributed by atoms with Gasteiger partial charge in [0.15, 0.2) is 5.76 Å². The monoisotopic (exact) mass is 359 g/mol. The first-order valence-corrected chi connectivity index (χ1v) is 7.91. The molecule has 0 aliphatic rings. The Hall–Kier alpha value is -3.02. The van der Waals surface area contributed by atoms with E-state index in [0.717, 1.165) is 17.2 Å². The van der Waals surface area contributed by atoms with Crippen molar-refractivity contribution in [3.05, 3.63) is 77.0 Å². The lowest BCUT2D eigenvalue weighted by atomic mass is 10.1. The lowest BCUT2D eigenvalue weighted by molar-refractivity contribution is -0.137. The third-order valence-electron chi connectivity index (χ3n) is 4.05. The number of alkyl halides is 3. The van der Waals surface area contributed by atoms with Crippen molar-refractivity contribution in [2.45, 2.75) is 20.0 Å². The van der Waals surface area contributed by atoms with Crippen molar-refractivity contribution in [2.24, 2.45) is 0 Å². The van der Waals surface area contributed by atoms with Crippen molar-refractivity contribution < 1.29 is 22.4 Å². The summed E-state index contributed by atoms with van der Waals surface area (Å²) in [6.07, 6.45) is -4.51. The molecule has 0 bridgehead atoms. The number of para-hydroxylation sites is 1. The number of furan rings is 1. The van der Waals surface area contributed by atoms with Crippen LogP contribution in [0.2, 0.25) is 0 Å². The first-order chi connectivity index (χ1) is 12.3. The van der Waals surface area contributed by atoms with Crippen LogP contribution in [-0.4, -0.2) is 5.91 Å². The highest BCUT2D eigenvalue weighted by molar-refractivity contribution is 6.03. The third-order valence-corrected chi connectivity index (χ3v) is 4.05. The zero-order valence-electron chi connectivity index (χ0n) is 14.1. The largest absolute Gasteiger partial charge is 0.451 e. The molecule has 3 nitrogen and oxygen atoms in total. The molecule has 0 saturated carbocycles. The van der Waals surface area contributed by atoms with Gasteiger partial charge in [0.2, 0.25) is 0 Å². The molecular formula is C20H16F3NO2. The Morgan fingerprint density at radius 2 is 1.58 bits per heavy atom. The molecule has 1 heterocycles. The van der Waals surface area contributed by atoms with E-state index in [1.54, 1.807) is 0 Å². The number of hydrogen-bond donors (Lipinski definition) is 1. The van der Waals surface area contributed by atoms with Gasteiger partial charge in [0.05, 0.1) is 5.56 Å². The average molecular weight is 359 g/mol. The van der Waals surface area contributed by atoms with E-state index in [1.165, 1.54) is 30.3 Å². The van der Waals surface area contributed by atoms with Crippen LogP contribution in [0.15, 0.2) is 59.0 Å². The van der Waals surface area contributed by atoms with Crippen LogP contribution in [0.25, 0.3) is 11.3 Å². The van der Waals surface area contributed by atoms with Gasteiger partial charge in [0.25, 0.3) is 5.91 Å². The van der Waals surface area contributed by atoms with Gasteiger partial charge in [-0.05, 0) is 43.2 Å². The second kappa shape index (κ2) is 6.71. The van der Waals surface area contributed by atoms with Crippen molar-refractivity contribution in [3.8, 4) is 11.3 Å². The minimum absolute atomic E-state index is 0.00965. The van der Waals surface area contributed by atoms with Gasteiger partial charge in [-0.3, -0.25) is 4.79 Å². The summed E-state index contributed by atoms with van der Waals surface area (Å²) in [5, 5.41) is 2.75. The van der Waals surface area contributed by atoms with E-state index < -0.39 is 17.6 Å². The quantitative estimate of drug-likeness (QED) is 0.639. The summed E-state index contributed by atoms with van der Waals surface area (Å²) in [4.78, 5) is 12.4. The number of hydrogen-bond acceptors (Lipinski definition) is 2. The van der Waals surface area contributed by atoms with Crippen LogP contribution in [0.3, 0.4) is 0 Å². The molecule has 134 valence electrons. The fraction of sp³-hybridized carbons (Fsp3) is 0.150. The smallest absolute Gasteiger partial charge is 0.417 e. The van der Waals surface area contributed by atoms with Crippen LogP contribution < -0.4 is 5.32 Å². The number of nitrogens with one attached hydrogen (secondary N) is 1. The SMILES string of the molecule is Cc1cccc(C)c1NC(=O)c1ccc(-c2ccccc2C(F)(F)F)o1. The topological polar surface area (TPSA) is 42.2 Å². The van der Waals surface area contributed by atoms with Crippen molar-refractivity contribution in [1.82, 2.24) is 0 Å². The van der Waals surface area contributed by atoms with Crippen LogP contribution in [0, 0.1) is 13.8 Å². The minimum Gasteiger partial charge on any atom is -0.451 e. The molecule has 0 fully saturated rings. The highest BCUT2D eigenvalue weighted by Gasteiger charge is 2.34. The van der Waals surface area contributed by atoms with Crippen LogP contribution >= 0.6 is 0 Å². The van der Waals surface area contributed by atoms with Crippen molar-refractivity contribution in [1.29, 1.82) is 0 Å². The maximum atomic E-state index is 13.2. The molecule has 0 aliphatic carbocycles. The summed E-state index contributed by atoms with van der Waals surface area (Å²) in [5.41, 5.74) is 1.51. The van der Waals surface area contributed by atoms with E-state index in [1.807, 2.05) is 32.0 Å². The number of carbonyl (C=O) groups is 1. The van der Waals surface area contributed by atoms with Crippen molar-refractivity contribution in [2.75, 3.05) is 5.32 Å². The van der Waals surface area contributed by atoms with Gasteiger partial charge in [-0.2, -0.15) is 13.2 Å². The molecule has 0 atom stereocenters. The lowest BCUT2D eigenvalue weighted by Gasteiger charge is -2.11. The van der Waals surface area contributed by atoms with Gasteiger partial charge in [0.1, 0.15) is 5.76 Å². The van der Waals surface area contributed by atoms with Gasteiger partial charge in [0, 0.05) is 11.3 Å². The molecule has 0 spiro atoms. The van der Waals surface area contributed by atoms with Crippen LogP contribution in [0.1, 0.15) is 27.2 Å². The van der Waals surface area contributed by atoms with Crippen LogP contribution in [-0.2, 0) is 6.18 Å². The van der Waals surface area contributed by atoms with E-state index in [0.29, 0.717) is 5.69 Å². The molecule has 1 aromatic heterocycles. The maximum absolute atomic E-state index is 13.2. The Kier molecular flexibility index (Phi) is 4.59. The van der Waals surface area contributed by atoms with Crippen LogP contribution in [0.4, 0.5) is 18.9 Å². The Morgan fingerprint density at radius 3 is 2.23 bits per heavy atom. The molecule has 1 N–H and O–H groups in total. The highest BCUT2D eigenvalue weighted by Crippen LogP contribution is 2.37. The molecule has 0 unspecified atom stereocenters. The zero-order valence-corrected chi connectivity index (χ0v) is 14.1. The second-order valence-corrected chi connectivity index (χ2v) is 5.93. The number of halogens is 3. The molecule has 1 amide bonds.